The molecular formula is C51H46Cl2F4N6O8. The SMILES string of the molecule is C[C@H](NC(=O)c1cc(Cl)cnc1N1CCC(Oc2ccc(F)cc2)C1)c1ccc(C(=O)O)cc1.C[C@H](NC(=O)c1cc(Cl)cnc1N1CCC(Oc2cccc(C(F)(F)F)c2)C1)c1ccc(C(=O)O)cc1. The first-order chi connectivity index (χ1) is 33.8. The molecule has 2 saturated heterocycles. The number of hydrogen-bond donors (Lipinski definition) is 4. The smallest absolute Gasteiger partial charge is 0.416 e. The largest absolute Gasteiger partial charge is 0.489 e. The number of aromatic nitrogens is 2. The summed E-state index contributed by atoms with van der Waals surface area (Å²) in [4.78, 5) is 61.0. The van der Waals surface area contributed by atoms with Gasteiger partial charge in [-0.25, -0.2) is 23.9 Å². The predicted octanol–water partition coefficient (Wildman–Crippen LogP) is 10.3. The van der Waals surface area contributed by atoms with Gasteiger partial charge in [-0.2, -0.15) is 13.2 Å². The number of nitrogens with zero attached hydrogens (tertiary/aromatic N) is 4. The van der Waals surface area contributed by atoms with Gasteiger partial charge in [-0.15, -0.1) is 0 Å². The van der Waals surface area contributed by atoms with Crippen LogP contribution < -0.4 is 29.9 Å². The quantitative estimate of drug-likeness (QED) is 0.0759. The third-order valence-corrected chi connectivity index (χ3v) is 12.0. The molecule has 2 fully saturated rings. The Labute approximate surface area is 415 Å². The molecule has 0 aliphatic carbocycles. The first-order valence-electron chi connectivity index (χ1n) is 22.2. The van der Waals surface area contributed by atoms with Crippen molar-refractivity contribution in [2.45, 2.75) is 57.2 Å². The number of hydrogen-bond acceptors (Lipinski definition) is 10. The lowest BCUT2D eigenvalue weighted by Crippen LogP contribution is -2.31. The van der Waals surface area contributed by atoms with E-state index in [9.17, 15) is 36.7 Å². The number of carboxylic acids is 2. The van der Waals surface area contributed by atoms with Gasteiger partial charge in [0.25, 0.3) is 11.8 Å². The zero-order valence-corrected chi connectivity index (χ0v) is 39.5. The number of rotatable bonds is 14. The molecule has 0 saturated carbocycles. The van der Waals surface area contributed by atoms with Crippen LogP contribution in [0.5, 0.6) is 11.5 Å². The Kier molecular flexibility index (Phi) is 16.3. The van der Waals surface area contributed by atoms with Crippen LogP contribution in [0.1, 0.15) is 96.9 Å². The Morgan fingerprint density at radius 2 is 1.08 bits per heavy atom. The average molecular weight is 1020 g/mol. The molecule has 0 radical (unpaired) electrons. The summed E-state index contributed by atoms with van der Waals surface area (Å²) in [6.45, 7) is 5.52. The first-order valence-corrected chi connectivity index (χ1v) is 22.9. The van der Waals surface area contributed by atoms with Crippen LogP contribution in [0.3, 0.4) is 0 Å². The lowest BCUT2D eigenvalue weighted by molar-refractivity contribution is -0.137. The van der Waals surface area contributed by atoms with Crippen LogP contribution in [0, 0.1) is 5.82 Å². The molecule has 370 valence electrons. The van der Waals surface area contributed by atoms with Crippen molar-refractivity contribution in [1.29, 1.82) is 0 Å². The Morgan fingerprint density at radius 3 is 1.51 bits per heavy atom. The van der Waals surface area contributed by atoms with Gasteiger partial charge in [0.05, 0.1) is 63.0 Å². The van der Waals surface area contributed by atoms with E-state index >= 15 is 0 Å². The van der Waals surface area contributed by atoms with E-state index in [0.717, 1.165) is 24.1 Å². The summed E-state index contributed by atoms with van der Waals surface area (Å²) in [7, 11) is 0. The van der Waals surface area contributed by atoms with Crippen molar-refractivity contribution >= 4 is 58.6 Å². The second-order valence-electron chi connectivity index (χ2n) is 16.7. The summed E-state index contributed by atoms with van der Waals surface area (Å²) in [6.07, 6.45) is -0.845. The number of carboxylic acid groups (broad SMARTS) is 2. The van der Waals surface area contributed by atoms with E-state index in [4.69, 9.17) is 42.9 Å². The van der Waals surface area contributed by atoms with Crippen LogP contribution in [0.2, 0.25) is 10.0 Å². The van der Waals surface area contributed by atoms with Crippen LogP contribution >= 0.6 is 23.2 Å². The van der Waals surface area contributed by atoms with E-state index in [2.05, 4.69) is 20.6 Å². The van der Waals surface area contributed by atoms with E-state index in [1.54, 1.807) is 49.4 Å². The number of benzene rings is 4. The number of halogens is 6. The normalized spacial score (nSPS) is 16.3. The molecule has 6 aromatic rings. The molecule has 4 N–H and O–H groups in total. The van der Waals surface area contributed by atoms with Crippen LogP contribution in [0.15, 0.2) is 122 Å². The van der Waals surface area contributed by atoms with Crippen molar-refractivity contribution in [2.75, 3.05) is 36.0 Å². The molecule has 4 aromatic carbocycles. The van der Waals surface area contributed by atoms with Crippen LogP contribution in [-0.4, -0.2) is 82.3 Å². The fourth-order valence-corrected chi connectivity index (χ4v) is 8.24. The number of pyridine rings is 2. The molecule has 2 aliphatic rings. The van der Waals surface area contributed by atoms with E-state index in [1.165, 1.54) is 67.0 Å². The number of carbonyl (C=O) groups is 4. The number of alkyl halides is 3. The maximum absolute atomic E-state index is 13.2. The van der Waals surface area contributed by atoms with Crippen molar-refractivity contribution in [3.05, 3.63) is 176 Å². The topological polar surface area (TPSA) is 184 Å². The van der Waals surface area contributed by atoms with Gasteiger partial charge >= 0.3 is 18.1 Å². The van der Waals surface area contributed by atoms with Gasteiger partial charge in [-0.3, -0.25) is 9.59 Å². The van der Waals surface area contributed by atoms with E-state index in [1.807, 2.05) is 16.7 Å². The third-order valence-electron chi connectivity index (χ3n) is 11.6. The molecule has 4 atom stereocenters. The van der Waals surface area contributed by atoms with Crippen molar-refractivity contribution in [3.8, 4) is 11.5 Å². The van der Waals surface area contributed by atoms with Crippen LogP contribution in [0.4, 0.5) is 29.2 Å². The maximum atomic E-state index is 13.2. The zero-order chi connectivity index (χ0) is 51.0. The predicted molar refractivity (Wildman–Crippen MR) is 257 cm³/mol. The molecule has 2 unspecified atom stereocenters. The molecule has 20 heteroatoms. The Bertz CT molecular complexity index is 2880. The summed E-state index contributed by atoms with van der Waals surface area (Å²) in [6, 6.07) is 25.4. The molecular weight excluding hydrogens is 971 g/mol. The van der Waals surface area contributed by atoms with Crippen molar-refractivity contribution in [2.24, 2.45) is 0 Å². The van der Waals surface area contributed by atoms with Gasteiger partial charge in [0.1, 0.15) is 41.2 Å². The Hall–Kier alpha value is -7.44. The number of anilines is 2. The average Bonchev–Trinajstić information content (AvgIpc) is 4.02. The number of aromatic carboxylic acids is 2. The zero-order valence-electron chi connectivity index (χ0n) is 38.0. The highest BCUT2D eigenvalue weighted by Gasteiger charge is 2.33. The minimum Gasteiger partial charge on any atom is -0.489 e. The molecule has 71 heavy (non-hydrogen) atoms. The van der Waals surface area contributed by atoms with Crippen molar-refractivity contribution in [1.82, 2.24) is 20.6 Å². The van der Waals surface area contributed by atoms with E-state index in [0.29, 0.717) is 66.1 Å². The lowest BCUT2D eigenvalue weighted by Gasteiger charge is -2.22. The fourth-order valence-electron chi connectivity index (χ4n) is 7.92. The van der Waals surface area contributed by atoms with Gasteiger partial charge in [-0.1, -0.05) is 53.5 Å². The molecule has 2 aromatic heterocycles. The van der Waals surface area contributed by atoms with Gasteiger partial charge < -0.3 is 40.1 Å². The molecule has 2 amide bonds. The molecule has 0 bridgehead atoms. The van der Waals surface area contributed by atoms with E-state index in [-0.39, 0.29) is 51.3 Å². The Balaban J connectivity index is 0.000000209. The summed E-state index contributed by atoms with van der Waals surface area (Å²) in [5, 5.41) is 24.5. The number of nitrogens with one attached hydrogen (secondary N) is 2. The van der Waals surface area contributed by atoms with Crippen LogP contribution in [-0.2, 0) is 6.18 Å². The number of ether oxygens (including phenoxy) is 2. The monoisotopic (exact) mass is 1020 g/mol. The van der Waals surface area contributed by atoms with Gasteiger partial charge in [-0.05, 0) is 104 Å². The molecule has 8 rings (SSSR count). The van der Waals surface area contributed by atoms with Crippen molar-refractivity contribution in [3.63, 3.8) is 0 Å². The molecule has 2 aliphatic heterocycles. The van der Waals surface area contributed by atoms with Crippen molar-refractivity contribution < 1.29 is 56.4 Å². The summed E-state index contributed by atoms with van der Waals surface area (Å²) in [5.74, 6) is -1.57. The first kappa shape index (κ1) is 51.4. The highest BCUT2D eigenvalue weighted by Crippen LogP contribution is 2.33. The highest BCUT2D eigenvalue weighted by atomic mass is 35.5. The molecule has 4 heterocycles. The van der Waals surface area contributed by atoms with Crippen LogP contribution in [0.25, 0.3) is 0 Å². The molecule has 14 nitrogen and oxygen atoms in total. The summed E-state index contributed by atoms with van der Waals surface area (Å²) >= 11 is 12.3. The maximum Gasteiger partial charge on any atom is 0.416 e. The van der Waals surface area contributed by atoms with Gasteiger partial charge in [0.15, 0.2) is 0 Å². The summed E-state index contributed by atoms with van der Waals surface area (Å²) < 4.78 is 64.0. The standard InChI is InChI=1S/C26H23ClF3N3O4.C25H23ClFN3O4/c1-15(16-5-7-17(8-6-16)25(35)36)32-24(34)22-12-19(27)13-31-23(22)33-10-9-21(14-33)37-20-4-2-3-18(11-20)26(28,29)30;1-15(16-2-4-17(5-3-16)25(32)33)29-24(31)22-12-18(26)13-28-23(22)30-11-10-21(14-30)34-20-8-6-19(27)7-9-20/h2-8,11-13,15,21H,9-10,14H2,1H3,(H,32,34)(H,35,36);2-9,12-13,15,21H,10-11,14H2,1H3,(H,29,31)(H,32,33)/t2*15-,21?/m00/s1. The molecule has 0 spiro atoms. The van der Waals surface area contributed by atoms with E-state index < -0.39 is 41.7 Å². The van der Waals surface area contributed by atoms with Gasteiger partial charge in [0, 0.05) is 38.3 Å². The third kappa shape index (κ3) is 13.5. The van der Waals surface area contributed by atoms with Gasteiger partial charge in [0.2, 0.25) is 0 Å². The Morgan fingerprint density at radius 1 is 0.648 bits per heavy atom. The minimum absolute atomic E-state index is 0.117. The second kappa shape index (κ2) is 22.5. The number of amides is 2. The number of carbonyl (C=O) groups excluding carboxylic acids is 2. The highest BCUT2D eigenvalue weighted by molar-refractivity contribution is 6.31. The minimum atomic E-state index is -4.47. The fraction of sp³-hybridized carbons (Fsp3) is 0.255. The second-order valence-corrected chi connectivity index (χ2v) is 17.6. The summed E-state index contributed by atoms with van der Waals surface area (Å²) in [5.41, 5.74) is 1.58. The lowest BCUT2D eigenvalue weighted by atomic mass is 10.1.